The Balaban J connectivity index is 2.00. The highest BCUT2D eigenvalue weighted by molar-refractivity contribution is 8.22. The van der Waals surface area contributed by atoms with Crippen LogP contribution in [0.5, 0.6) is 0 Å². The number of methoxy groups -OCH3 is 1. The molecule has 4 heteroatoms. The van der Waals surface area contributed by atoms with Crippen molar-refractivity contribution in [2.45, 2.75) is 6.42 Å². The maximum atomic E-state index is 11.4. The number of thiol groups is 1. The Kier molecular flexibility index (Phi) is 4.68. The van der Waals surface area contributed by atoms with E-state index in [2.05, 4.69) is 5.41 Å². The molecule has 2 atom stereocenters. The first-order valence-corrected chi connectivity index (χ1v) is 7.82. The summed E-state index contributed by atoms with van der Waals surface area (Å²) in [5.74, 6) is 0.447. The summed E-state index contributed by atoms with van der Waals surface area (Å²) in [6.07, 6.45) is 2.51. The summed E-state index contributed by atoms with van der Waals surface area (Å²) < 4.78 is 5.14. The first-order chi connectivity index (χ1) is 9.19. The van der Waals surface area contributed by atoms with E-state index in [9.17, 15) is 9.90 Å². The zero-order valence-corrected chi connectivity index (χ0v) is 11.7. The van der Waals surface area contributed by atoms with Gasteiger partial charge in [-0.25, -0.2) is 10.9 Å². The van der Waals surface area contributed by atoms with Crippen LogP contribution >= 0.6 is 10.9 Å². The monoisotopic (exact) mass is 278 g/mol. The fourth-order valence-corrected chi connectivity index (χ4v) is 4.00. The van der Waals surface area contributed by atoms with E-state index in [1.807, 2.05) is 41.8 Å². The van der Waals surface area contributed by atoms with Crippen LogP contribution in [-0.2, 0) is 16.0 Å². The molecule has 1 aliphatic heterocycles. The molecule has 0 radical (unpaired) electrons. The van der Waals surface area contributed by atoms with Gasteiger partial charge in [0.05, 0.1) is 13.0 Å². The minimum atomic E-state index is -0.723. The van der Waals surface area contributed by atoms with Crippen LogP contribution in [0.3, 0.4) is 0 Å². The zero-order valence-electron chi connectivity index (χ0n) is 10.8. The van der Waals surface area contributed by atoms with Crippen LogP contribution in [0.2, 0.25) is 0 Å². The highest BCUT2D eigenvalue weighted by atomic mass is 32.2. The van der Waals surface area contributed by atoms with E-state index in [-0.39, 0.29) is 5.92 Å². The van der Waals surface area contributed by atoms with E-state index in [1.54, 1.807) is 7.11 Å². The predicted molar refractivity (Wildman–Crippen MR) is 79.4 cm³/mol. The molecule has 19 heavy (non-hydrogen) atoms. The molecule has 1 aliphatic rings. The molecule has 1 aromatic rings. The zero-order chi connectivity index (χ0) is 13.7. The van der Waals surface area contributed by atoms with Crippen molar-refractivity contribution in [1.29, 1.82) is 0 Å². The van der Waals surface area contributed by atoms with Crippen molar-refractivity contribution >= 4 is 16.9 Å². The van der Waals surface area contributed by atoms with Crippen LogP contribution in [0.1, 0.15) is 5.56 Å². The second-order valence-electron chi connectivity index (χ2n) is 4.47. The Bertz CT molecular complexity index is 493. The van der Waals surface area contributed by atoms with E-state index in [0.717, 1.165) is 11.3 Å². The third kappa shape index (κ3) is 3.89. The maximum absolute atomic E-state index is 11.4. The Morgan fingerprint density at radius 2 is 2.11 bits per heavy atom. The summed E-state index contributed by atoms with van der Waals surface area (Å²) in [6.45, 7) is 0. The smallest absolute Gasteiger partial charge is 0.307 e. The van der Waals surface area contributed by atoms with Crippen molar-refractivity contribution in [1.82, 2.24) is 0 Å². The standard InChI is InChI=1S/C15H18O3S/c1-18-14-7-8-19(11-14)10-13(15(16)17)9-12-5-3-2-4-6-12/h2-8,11,13,19H,9-10H2,1H3,(H,16,17). The Labute approximate surface area is 115 Å². The molecule has 0 aromatic heterocycles. The second kappa shape index (κ2) is 6.48. The SMILES string of the molecule is COC1=C[SH](CC(Cc2ccccc2)C(=O)O)C=C1. The van der Waals surface area contributed by atoms with Crippen molar-refractivity contribution in [2.24, 2.45) is 5.92 Å². The number of allylic oxidation sites excluding steroid dienone is 1. The minimum Gasteiger partial charge on any atom is -0.496 e. The van der Waals surface area contributed by atoms with Crippen LogP contribution in [0.25, 0.3) is 0 Å². The summed E-state index contributed by atoms with van der Waals surface area (Å²) in [7, 11) is 1.13. The largest absolute Gasteiger partial charge is 0.496 e. The predicted octanol–water partition coefficient (Wildman–Crippen LogP) is 2.95. The summed E-state index contributed by atoms with van der Waals surface area (Å²) in [6, 6.07) is 9.78. The molecule has 1 heterocycles. The number of ether oxygens (including phenoxy) is 1. The molecule has 3 nitrogen and oxygen atoms in total. The highest BCUT2D eigenvalue weighted by Gasteiger charge is 2.21. The number of rotatable bonds is 6. The van der Waals surface area contributed by atoms with E-state index in [0.29, 0.717) is 12.2 Å². The molecular formula is C15H18O3S. The fourth-order valence-electron chi connectivity index (χ4n) is 2.04. The summed E-state index contributed by atoms with van der Waals surface area (Å²) in [5.41, 5.74) is 1.07. The van der Waals surface area contributed by atoms with Gasteiger partial charge in [0.1, 0.15) is 5.76 Å². The number of aliphatic carboxylic acids is 1. The van der Waals surface area contributed by atoms with Gasteiger partial charge in [0, 0.05) is 0 Å². The van der Waals surface area contributed by atoms with Gasteiger partial charge in [0.2, 0.25) is 0 Å². The van der Waals surface area contributed by atoms with Gasteiger partial charge in [-0.1, -0.05) is 30.3 Å². The van der Waals surface area contributed by atoms with Gasteiger partial charge in [-0.05, 0) is 34.6 Å². The van der Waals surface area contributed by atoms with Crippen LogP contribution in [0.15, 0.2) is 53.0 Å². The van der Waals surface area contributed by atoms with Crippen molar-refractivity contribution in [3.63, 3.8) is 0 Å². The number of carboxylic acids is 1. The van der Waals surface area contributed by atoms with Crippen LogP contribution < -0.4 is 0 Å². The fraction of sp³-hybridized carbons (Fsp3) is 0.267. The molecule has 0 aliphatic carbocycles. The van der Waals surface area contributed by atoms with Crippen molar-refractivity contribution in [3.05, 3.63) is 58.5 Å². The van der Waals surface area contributed by atoms with Crippen molar-refractivity contribution < 1.29 is 14.6 Å². The summed E-state index contributed by atoms with van der Waals surface area (Å²) in [4.78, 5) is 11.4. The molecule has 1 aromatic carbocycles. The Hall–Kier alpha value is -1.68. The highest BCUT2D eigenvalue weighted by Crippen LogP contribution is 2.38. The van der Waals surface area contributed by atoms with Gasteiger partial charge in [-0.15, -0.1) is 0 Å². The molecule has 0 saturated carbocycles. The molecule has 0 bridgehead atoms. The molecule has 0 fully saturated rings. The molecule has 1 N–H and O–H groups in total. The average Bonchev–Trinajstić information content (AvgIpc) is 2.87. The first-order valence-electron chi connectivity index (χ1n) is 6.15. The van der Waals surface area contributed by atoms with Gasteiger partial charge in [0.25, 0.3) is 0 Å². The molecule has 2 rings (SSSR count). The third-order valence-corrected chi connectivity index (χ3v) is 5.04. The quantitative estimate of drug-likeness (QED) is 0.786. The van der Waals surface area contributed by atoms with Crippen LogP contribution in [0, 0.1) is 5.92 Å². The number of carbonyl (C=O) groups is 1. The molecule has 0 saturated heterocycles. The number of benzene rings is 1. The average molecular weight is 278 g/mol. The third-order valence-electron chi connectivity index (χ3n) is 3.06. The van der Waals surface area contributed by atoms with Crippen molar-refractivity contribution in [2.75, 3.05) is 12.9 Å². The number of hydrogen-bond donors (Lipinski definition) is 2. The lowest BCUT2D eigenvalue weighted by molar-refractivity contribution is -0.140. The second-order valence-corrected chi connectivity index (χ2v) is 6.42. The van der Waals surface area contributed by atoms with Gasteiger partial charge in [0.15, 0.2) is 0 Å². The number of hydrogen-bond acceptors (Lipinski definition) is 2. The molecule has 102 valence electrons. The van der Waals surface area contributed by atoms with Gasteiger partial charge < -0.3 is 9.84 Å². The lowest BCUT2D eigenvalue weighted by Crippen LogP contribution is -2.20. The van der Waals surface area contributed by atoms with E-state index in [1.165, 1.54) is 0 Å². The lowest BCUT2D eigenvalue weighted by atomic mass is 10.0. The molecule has 2 unspecified atom stereocenters. The lowest BCUT2D eigenvalue weighted by Gasteiger charge is -2.17. The molecule has 0 amide bonds. The minimum absolute atomic E-state index is 0.342. The number of carboxylic acid groups (broad SMARTS) is 1. The normalized spacial score (nSPS) is 20.9. The van der Waals surface area contributed by atoms with E-state index in [4.69, 9.17) is 4.74 Å². The van der Waals surface area contributed by atoms with Gasteiger partial charge in [-0.3, -0.25) is 4.79 Å². The molecule has 0 spiro atoms. The van der Waals surface area contributed by atoms with Gasteiger partial charge in [-0.2, -0.15) is 0 Å². The topological polar surface area (TPSA) is 46.5 Å². The summed E-state index contributed by atoms with van der Waals surface area (Å²) in [5, 5.41) is 13.5. The first kappa shape index (κ1) is 13.7. The Morgan fingerprint density at radius 3 is 2.68 bits per heavy atom. The maximum Gasteiger partial charge on any atom is 0.307 e. The van der Waals surface area contributed by atoms with Crippen LogP contribution in [0.4, 0.5) is 0 Å². The summed E-state index contributed by atoms with van der Waals surface area (Å²) >= 11 is 0. The van der Waals surface area contributed by atoms with E-state index >= 15 is 0 Å². The Morgan fingerprint density at radius 1 is 1.37 bits per heavy atom. The van der Waals surface area contributed by atoms with E-state index < -0.39 is 16.9 Å². The molecular weight excluding hydrogens is 260 g/mol. The van der Waals surface area contributed by atoms with Gasteiger partial charge >= 0.3 is 5.97 Å². The van der Waals surface area contributed by atoms with Crippen molar-refractivity contribution in [3.8, 4) is 0 Å². The van der Waals surface area contributed by atoms with Crippen LogP contribution in [-0.4, -0.2) is 23.9 Å².